The average Bonchev–Trinajstić information content (AvgIpc) is 2.75. The van der Waals surface area contributed by atoms with E-state index in [2.05, 4.69) is 0 Å². The molecule has 1 heterocycles. The molecule has 1 amide bonds. The standard InChI is InChI=1S/C13H15F3N2O/c14-13(15,16)10-3-1-9(2-4-10)7-12(19)18-6-5-11(17)8-18/h1-4,11H,5-8,17H2. The van der Waals surface area contributed by atoms with Gasteiger partial charge in [-0.25, -0.2) is 0 Å². The van der Waals surface area contributed by atoms with Gasteiger partial charge >= 0.3 is 6.18 Å². The normalized spacial score (nSPS) is 19.8. The van der Waals surface area contributed by atoms with Gasteiger partial charge in [0.25, 0.3) is 0 Å². The molecule has 2 N–H and O–H groups in total. The quantitative estimate of drug-likeness (QED) is 0.892. The Morgan fingerprint density at radius 1 is 1.32 bits per heavy atom. The molecule has 1 unspecified atom stereocenters. The smallest absolute Gasteiger partial charge is 0.341 e. The molecule has 1 aliphatic heterocycles. The minimum atomic E-state index is -4.34. The van der Waals surface area contributed by atoms with Gasteiger partial charge in [0.2, 0.25) is 5.91 Å². The molecule has 0 saturated carbocycles. The molecule has 1 fully saturated rings. The summed E-state index contributed by atoms with van der Waals surface area (Å²) in [4.78, 5) is 13.5. The summed E-state index contributed by atoms with van der Waals surface area (Å²) in [6.45, 7) is 1.15. The van der Waals surface area contributed by atoms with Crippen LogP contribution in [0.3, 0.4) is 0 Å². The molecule has 1 saturated heterocycles. The first-order valence-corrected chi connectivity index (χ1v) is 6.06. The highest BCUT2D eigenvalue weighted by atomic mass is 19.4. The van der Waals surface area contributed by atoms with Crippen LogP contribution in [-0.4, -0.2) is 29.9 Å². The first-order chi connectivity index (χ1) is 8.86. The molecule has 1 aromatic carbocycles. The van der Waals surface area contributed by atoms with Gasteiger partial charge in [0, 0.05) is 19.1 Å². The highest BCUT2D eigenvalue weighted by molar-refractivity contribution is 5.79. The third-order valence-electron chi connectivity index (χ3n) is 3.21. The maximum Gasteiger partial charge on any atom is 0.416 e. The molecule has 1 aromatic rings. The Hall–Kier alpha value is -1.56. The van der Waals surface area contributed by atoms with E-state index >= 15 is 0 Å². The number of likely N-dealkylation sites (tertiary alicyclic amines) is 1. The fraction of sp³-hybridized carbons (Fsp3) is 0.462. The lowest BCUT2D eigenvalue weighted by Crippen LogP contribution is -2.32. The Morgan fingerprint density at radius 3 is 2.42 bits per heavy atom. The molecule has 0 aromatic heterocycles. The number of amides is 1. The number of nitrogens with two attached hydrogens (primary N) is 1. The second kappa shape index (κ2) is 5.21. The van der Waals surface area contributed by atoms with E-state index in [1.165, 1.54) is 12.1 Å². The molecule has 6 heteroatoms. The number of hydrogen-bond acceptors (Lipinski definition) is 2. The fourth-order valence-corrected chi connectivity index (χ4v) is 2.11. The number of halogens is 3. The van der Waals surface area contributed by atoms with Crippen LogP contribution in [0.15, 0.2) is 24.3 Å². The highest BCUT2D eigenvalue weighted by Crippen LogP contribution is 2.29. The van der Waals surface area contributed by atoms with Crippen LogP contribution in [0, 0.1) is 0 Å². The third kappa shape index (κ3) is 3.47. The lowest BCUT2D eigenvalue weighted by molar-refractivity contribution is -0.137. The summed E-state index contributed by atoms with van der Waals surface area (Å²) in [6, 6.07) is 4.70. The van der Waals surface area contributed by atoms with Gasteiger partial charge in [-0.2, -0.15) is 13.2 Å². The molecular formula is C13H15F3N2O. The van der Waals surface area contributed by atoms with Crippen LogP contribution < -0.4 is 5.73 Å². The van der Waals surface area contributed by atoms with Gasteiger partial charge in [0.05, 0.1) is 12.0 Å². The van der Waals surface area contributed by atoms with Gasteiger partial charge in [-0.1, -0.05) is 12.1 Å². The second-order valence-corrected chi connectivity index (χ2v) is 4.76. The number of carbonyl (C=O) groups excluding carboxylic acids is 1. The first-order valence-electron chi connectivity index (χ1n) is 6.06. The number of nitrogens with zero attached hydrogens (tertiary/aromatic N) is 1. The summed E-state index contributed by atoms with van der Waals surface area (Å²) >= 11 is 0. The molecule has 1 atom stereocenters. The van der Waals surface area contributed by atoms with Crippen molar-refractivity contribution < 1.29 is 18.0 Å². The second-order valence-electron chi connectivity index (χ2n) is 4.76. The lowest BCUT2D eigenvalue weighted by Gasteiger charge is -2.16. The van der Waals surface area contributed by atoms with Crippen LogP contribution in [0.5, 0.6) is 0 Å². The molecule has 0 spiro atoms. The summed E-state index contributed by atoms with van der Waals surface area (Å²) in [5.74, 6) is -0.0901. The van der Waals surface area contributed by atoms with E-state index in [0.717, 1.165) is 18.6 Å². The van der Waals surface area contributed by atoms with Crippen LogP contribution in [0.1, 0.15) is 17.5 Å². The van der Waals surface area contributed by atoms with Gasteiger partial charge in [0.1, 0.15) is 0 Å². The molecule has 104 valence electrons. The van der Waals surface area contributed by atoms with Crippen molar-refractivity contribution in [2.75, 3.05) is 13.1 Å². The van der Waals surface area contributed by atoms with Gasteiger partial charge < -0.3 is 10.6 Å². The molecule has 19 heavy (non-hydrogen) atoms. The van der Waals surface area contributed by atoms with Crippen LogP contribution in [0.4, 0.5) is 13.2 Å². The number of rotatable bonds is 2. The predicted octanol–water partition coefficient (Wildman–Crippen LogP) is 1.81. The maximum absolute atomic E-state index is 12.4. The number of alkyl halides is 3. The molecule has 0 aliphatic carbocycles. The minimum absolute atomic E-state index is 0.0107. The number of hydrogen-bond donors (Lipinski definition) is 1. The predicted molar refractivity (Wildman–Crippen MR) is 64.3 cm³/mol. The zero-order valence-corrected chi connectivity index (χ0v) is 10.3. The lowest BCUT2D eigenvalue weighted by atomic mass is 10.1. The van der Waals surface area contributed by atoms with Gasteiger partial charge in [-0.15, -0.1) is 0 Å². The maximum atomic E-state index is 12.4. The topological polar surface area (TPSA) is 46.3 Å². The highest BCUT2D eigenvalue weighted by Gasteiger charge is 2.30. The number of benzene rings is 1. The Balaban J connectivity index is 1.98. The van der Waals surface area contributed by atoms with Crippen molar-refractivity contribution in [2.45, 2.75) is 25.1 Å². The van der Waals surface area contributed by atoms with Crippen LogP contribution in [0.2, 0.25) is 0 Å². The van der Waals surface area contributed by atoms with Crippen molar-refractivity contribution in [2.24, 2.45) is 5.73 Å². The monoisotopic (exact) mass is 272 g/mol. The SMILES string of the molecule is NC1CCN(C(=O)Cc2ccc(C(F)(F)F)cc2)C1. The van der Waals surface area contributed by atoms with Crippen molar-refractivity contribution in [1.82, 2.24) is 4.90 Å². The van der Waals surface area contributed by atoms with Gasteiger partial charge in [-0.05, 0) is 24.1 Å². The van der Waals surface area contributed by atoms with Crippen molar-refractivity contribution >= 4 is 5.91 Å². The zero-order valence-electron chi connectivity index (χ0n) is 10.3. The van der Waals surface area contributed by atoms with E-state index in [0.29, 0.717) is 18.7 Å². The minimum Gasteiger partial charge on any atom is -0.341 e. The van der Waals surface area contributed by atoms with E-state index < -0.39 is 11.7 Å². The average molecular weight is 272 g/mol. The van der Waals surface area contributed by atoms with E-state index in [1.54, 1.807) is 4.90 Å². The fourth-order valence-electron chi connectivity index (χ4n) is 2.11. The third-order valence-corrected chi connectivity index (χ3v) is 3.21. The first kappa shape index (κ1) is 13.9. The van der Waals surface area contributed by atoms with Crippen LogP contribution >= 0.6 is 0 Å². The summed E-state index contributed by atoms with van der Waals surface area (Å²) in [5, 5.41) is 0. The molecule has 0 bridgehead atoms. The molecule has 1 aliphatic rings. The van der Waals surface area contributed by atoms with E-state index in [4.69, 9.17) is 5.73 Å². The Bertz CT molecular complexity index is 456. The van der Waals surface area contributed by atoms with E-state index in [-0.39, 0.29) is 18.4 Å². The van der Waals surface area contributed by atoms with Crippen LogP contribution in [0.25, 0.3) is 0 Å². The van der Waals surface area contributed by atoms with Crippen molar-refractivity contribution in [3.05, 3.63) is 35.4 Å². The largest absolute Gasteiger partial charge is 0.416 e. The van der Waals surface area contributed by atoms with Crippen molar-refractivity contribution in [3.8, 4) is 0 Å². The summed E-state index contributed by atoms with van der Waals surface area (Å²) in [5.41, 5.74) is 5.59. The van der Waals surface area contributed by atoms with Crippen molar-refractivity contribution in [1.29, 1.82) is 0 Å². The zero-order chi connectivity index (χ0) is 14.0. The molecule has 2 rings (SSSR count). The van der Waals surface area contributed by atoms with Gasteiger partial charge in [0.15, 0.2) is 0 Å². The summed E-state index contributed by atoms with van der Waals surface area (Å²) < 4.78 is 37.1. The molecule has 3 nitrogen and oxygen atoms in total. The summed E-state index contributed by atoms with van der Waals surface area (Å²) in [6.07, 6.45) is -3.45. The molecule has 0 radical (unpaired) electrons. The van der Waals surface area contributed by atoms with Crippen molar-refractivity contribution in [3.63, 3.8) is 0 Å². The Labute approximate surface area is 109 Å². The number of carbonyl (C=O) groups is 1. The van der Waals surface area contributed by atoms with E-state index in [9.17, 15) is 18.0 Å². The Kier molecular flexibility index (Phi) is 3.80. The molecular weight excluding hydrogens is 257 g/mol. The van der Waals surface area contributed by atoms with Gasteiger partial charge in [-0.3, -0.25) is 4.79 Å². The summed E-state index contributed by atoms with van der Waals surface area (Å²) in [7, 11) is 0. The van der Waals surface area contributed by atoms with Crippen LogP contribution in [-0.2, 0) is 17.4 Å². The Morgan fingerprint density at radius 2 is 1.95 bits per heavy atom. The van der Waals surface area contributed by atoms with E-state index in [1.807, 2.05) is 0 Å².